The van der Waals surface area contributed by atoms with Crippen LogP contribution < -0.4 is 0 Å². The third-order valence-electron chi connectivity index (χ3n) is 5.04. The summed E-state index contributed by atoms with van der Waals surface area (Å²) in [6.45, 7) is 6.03. The summed E-state index contributed by atoms with van der Waals surface area (Å²) in [7, 11) is 1.80. The van der Waals surface area contributed by atoms with Crippen molar-refractivity contribution in [1.29, 1.82) is 0 Å². The maximum Gasteiger partial charge on any atom is 0.254 e. The number of aromatic nitrogens is 5. The van der Waals surface area contributed by atoms with E-state index >= 15 is 0 Å². The molecule has 0 radical (unpaired) electrons. The molecule has 0 atom stereocenters. The molecule has 0 fully saturated rings. The number of carbonyl (C=O) groups is 1. The highest BCUT2D eigenvalue weighted by Gasteiger charge is 2.20. The zero-order chi connectivity index (χ0) is 21.3. The monoisotopic (exact) mass is 466 g/mol. The van der Waals surface area contributed by atoms with Crippen LogP contribution >= 0.6 is 15.9 Å². The van der Waals surface area contributed by atoms with Crippen LogP contribution in [0.2, 0.25) is 0 Å². The number of nitrogens with zero attached hydrogens (tertiary/aromatic N) is 6. The first kappa shape index (κ1) is 20.3. The standard InChI is InChI=1S/C22H23BrN6O/c1-4-28-12-15(11-24-28)20-10-17(16-8-6-7-9-19(16)25-20)22(30)27(3)14-21-18(23)13-29(5-2)26-21/h6-13H,4-5,14H2,1-3H3. The van der Waals surface area contributed by atoms with E-state index in [4.69, 9.17) is 4.98 Å². The van der Waals surface area contributed by atoms with Gasteiger partial charge in [-0.15, -0.1) is 0 Å². The molecule has 3 aromatic heterocycles. The van der Waals surface area contributed by atoms with Crippen LogP contribution in [0, 0.1) is 0 Å². The second-order valence-corrected chi connectivity index (χ2v) is 7.95. The molecule has 0 saturated carbocycles. The van der Waals surface area contributed by atoms with Gasteiger partial charge >= 0.3 is 0 Å². The van der Waals surface area contributed by atoms with Crippen molar-refractivity contribution in [2.24, 2.45) is 0 Å². The molecule has 3 heterocycles. The van der Waals surface area contributed by atoms with Crippen molar-refractivity contribution in [3.05, 3.63) is 64.7 Å². The second kappa shape index (κ2) is 8.39. The summed E-state index contributed by atoms with van der Waals surface area (Å²) in [5.41, 5.74) is 3.86. The second-order valence-electron chi connectivity index (χ2n) is 7.10. The average molecular weight is 467 g/mol. The highest BCUT2D eigenvalue weighted by atomic mass is 79.9. The summed E-state index contributed by atoms with van der Waals surface area (Å²) in [5.74, 6) is -0.0734. The number of halogens is 1. The molecule has 154 valence electrons. The Balaban J connectivity index is 1.72. The van der Waals surface area contributed by atoms with Crippen LogP contribution in [0.25, 0.3) is 22.2 Å². The number of aryl methyl sites for hydroxylation is 2. The lowest BCUT2D eigenvalue weighted by Crippen LogP contribution is -2.27. The molecule has 0 aliphatic carbocycles. The van der Waals surface area contributed by atoms with Crippen molar-refractivity contribution in [3.63, 3.8) is 0 Å². The Morgan fingerprint density at radius 2 is 1.90 bits per heavy atom. The van der Waals surface area contributed by atoms with Crippen LogP contribution in [0.1, 0.15) is 29.9 Å². The third-order valence-corrected chi connectivity index (χ3v) is 5.71. The van der Waals surface area contributed by atoms with Gasteiger partial charge in [-0.25, -0.2) is 4.98 Å². The molecule has 4 rings (SSSR count). The van der Waals surface area contributed by atoms with E-state index in [1.165, 1.54) is 0 Å². The third kappa shape index (κ3) is 3.87. The zero-order valence-electron chi connectivity index (χ0n) is 17.2. The van der Waals surface area contributed by atoms with Gasteiger partial charge in [-0.1, -0.05) is 18.2 Å². The van der Waals surface area contributed by atoms with E-state index in [2.05, 4.69) is 26.1 Å². The van der Waals surface area contributed by atoms with Gasteiger partial charge < -0.3 is 4.90 Å². The van der Waals surface area contributed by atoms with Gasteiger partial charge in [0.1, 0.15) is 0 Å². The first-order valence-electron chi connectivity index (χ1n) is 9.90. The van der Waals surface area contributed by atoms with E-state index in [9.17, 15) is 4.79 Å². The van der Waals surface area contributed by atoms with E-state index in [1.54, 1.807) is 18.1 Å². The molecule has 8 heteroatoms. The smallest absolute Gasteiger partial charge is 0.254 e. The summed E-state index contributed by atoms with van der Waals surface area (Å²) in [6, 6.07) is 9.58. The number of hydrogen-bond donors (Lipinski definition) is 0. The molecule has 1 amide bonds. The molecule has 0 N–H and O–H groups in total. The van der Waals surface area contributed by atoms with Crippen molar-refractivity contribution in [2.75, 3.05) is 7.05 Å². The molecule has 0 aliphatic rings. The number of rotatable bonds is 6. The van der Waals surface area contributed by atoms with Crippen LogP contribution in [0.3, 0.4) is 0 Å². The van der Waals surface area contributed by atoms with E-state index in [-0.39, 0.29) is 5.91 Å². The van der Waals surface area contributed by atoms with Gasteiger partial charge in [0.15, 0.2) is 0 Å². The number of amides is 1. The minimum Gasteiger partial charge on any atom is -0.336 e. The predicted molar refractivity (Wildman–Crippen MR) is 120 cm³/mol. The van der Waals surface area contributed by atoms with E-state index in [0.717, 1.165) is 45.4 Å². The van der Waals surface area contributed by atoms with Crippen LogP contribution in [0.5, 0.6) is 0 Å². The van der Waals surface area contributed by atoms with Crippen molar-refractivity contribution in [1.82, 2.24) is 29.4 Å². The molecular formula is C22H23BrN6O. The number of para-hydroxylation sites is 1. The largest absolute Gasteiger partial charge is 0.336 e. The first-order valence-corrected chi connectivity index (χ1v) is 10.7. The molecule has 7 nitrogen and oxygen atoms in total. The topological polar surface area (TPSA) is 68.8 Å². The molecule has 0 bridgehead atoms. The van der Waals surface area contributed by atoms with Gasteiger partial charge in [0.2, 0.25) is 0 Å². The fourth-order valence-corrected chi connectivity index (χ4v) is 3.82. The fraction of sp³-hybridized carbons (Fsp3) is 0.273. The number of carbonyl (C=O) groups excluding carboxylic acids is 1. The molecule has 0 saturated heterocycles. The van der Waals surface area contributed by atoms with Crippen LogP contribution in [-0.4, -0.2) is 42.4 Å². The Labute approximate surface area is 183 Å². The molecule has 4 aromatic rings. The van der Waals surface area contributed by atoms with Crippen LogP contribution in [-0.2, 0) is 19.6 Å². The molecule has 0 aliphatic heterocycles. The number of pyridine rings is 1. The van der Waals surface area contributed by atoms with Crippen molar-refractivity contribution in [3.8, 4) is 11.3 Å². The highest BCUT2D eigenvalue weighted by Crippen LogP contribution is 2.26. The number of benzene rings is 1. The van der Waals surface area contributed by atoms with Gasteiger partial charge in [0, 0.05) is 43.5 Å². The predicted octanol–water partition coefficient (Wildman–Crippen LogP) is 4.37. The van der Waals surface area contributed by atoms with E-state index in [1.807, 2.05) is 65.9 Å². The van der Waals surface area contributed by atoms with Gasteiger partial charge in [0.25, 0.3) is 5.91 Å². The summed E-state index contributed by atoms with van der Waals surface area (Å²) < 4.78 is 4.60. The maximum absolute atomic E-state index is 13.4. The average Bonchev–Trinajstić information content (AvgIpc) is 3.39. The normalized spacial score (nSPS) is 11.2. The summed E-state index contributed by atoms with van der Waals surface area (Å²) in [5, 5.41) is 9.71. The lowest BCUT2D eigenvalue weighted by atomic mass is 10.0. The minimum atomic E-state index is -0.0734. The Morgan fingerprint density at radius 3 is 2.60 bits per heavy atom. The van der Waals surface area contributed by atoms with Crippen LogP contribution in [0.4, 0.5) is 0 Å². The first-order chi connectivity index (χ1) is 14.5. The molecule has 30 heavy (non-hydrogen) atoms. The van der Waals surface area contributed by atoms with Gasteiger partial charge in [-0.05, 0) is 41.9 Å². The van der Waals surface area contributed by atoms with E-state index in [0.29, 0.717) is 12.1 Å². The maximum atomic E-state index is 13.4. The van der Waals surface area contributed by atoms with Gasteiger partial charge in [0.05, 0.1) is 39.7 Å². The minimum absolute atomic E-state index is 0.0734. The number of hydrogen-bond acceptors (Lipinski definition) is 4. The summed E-state index contributed by atoms with van der Waals surface area (Å²) in [4.78, 5) is 19.9. The Morgan fingerprint density at radius 1 is 1.13 bits per heavy atom. The van der Waals surface area contributed by atoms with Crippen molar-refractivity contribution >= 4 is 32.7 Å². The zero-order valence-corrected chi connectivity index (χ0v) is 18.8. The van der Waals surface area contributed by atoms with Gasteiger partial charge in [-0.3, -0.25) is 14.2 Å². The quantitative estimate of drug-likeness (QED) is 0.423. The lowest BCUT2D eigenvalue weighted by Gasteiger charge is -2.18. The van der Waals surface area contributed by atoms with Crippen molar-refractivity contribution < 1.29 is 4.79 Å². The lowest BCUT2D eigenvalue weighted by molar-refractivity contribution is 0.0785. The Kier molecular flexibility index (Phi) is 5.67. The molecular weight excluding hydrogens is 444 g/mol. The molecule has 0 spiro atoms. The fourth-order valence-electron chi connectivity index (χ4n) is 3.38. The highest BCUT2D eigenvalue weighted by molar-refractivity contribution is 9.10. The molecule has 0 unspecified atom stereocenters. The number of fused-ring (bicyclic) bond motifs is 1. The van der Waals surface area contributed by atoms with Gasteiger partial charge in [-0.2, -0.15) is 10.2 Å². The van der Waals surface area contributed by atoms with Crippen LogP contribution in [0.15, 0.2) is 53.4 Å². The molecule has 1 aromatic carbocycles. The SMILES string of the molecule is CCn1cc(-c2cc(C(=O)N(C)Cc3nn(CC)cc3Br)c3ccccc3n2)cn1. The Bertz CT molecular complexity index is 1210. The van der Waals surface area contributed by atoms with E-state index < -0.39 is 0 Å². The van der Waals surface area contributed by atoms with Crippen molar-refractivity contribution in [2.45, 2.75) is 33.5 Å². The summed E-state index contributed by atoms with van der Waals surface area (Å²) in [6.07, 6.45) is 5.66. The Hall–Kier alpha value is -3.00. The summed E-state index contributed by atoms with van der Waals surface area (Å²) >= 11 is 3.54.